The highest BCUT2D eigenvalue weighted by molar-refractivity contribution is 5.89. The minimum atomic E-state index is -0.438. The molecule has 1 aliphatic carbocycles. The number of hydrogen-bond acceptors (Lipinski definition) is 3. The van der Waals surface area contributed by atoms with Crippen LogP contribution < -0.4 is 0 Å². The van der Waals surface area contributed by atoms with E-state index < -0.39 is 5.97 Å². The molecule has 0 saturated heterocycles. The Hall–Kier alpha value is -1.25. The van der Waals surface area contributed by atoms with Crippen molar-refractivity contribution in [3.05, 3.63) is 23.5 Å². The summed E-state index contributed by atoms with van der Waals surface area (Å²) in [5.41, 5.74) is 0.370. The summed E-state index contributed by atoms with van der Waals surface area (Å²) in [5.74, 6) is -0.407. The fourth-order valence-electron chi connectivity index (χ4n) is 0.981. The van der Waals surface area contributed by atoms with Gasteiger partial charge in [-0.1, -0.05) is 6.08 Å². The van der Waals surface area contributed by atoms with Crippen LogP contribution in [0.4, 0.5) is 0 Å². The van der Waals surface area contributed by atoms with Gasteiger partial charge in [-0.2, -0.15) is 0 Å². The van der Waals surface area contributed by atoms with Crippen LogP contribution in [0.25, 0.3) is 0 Å². The second kappa shape index (κ2) is 3.23. The van der Waals surface area contributed by atoms with E-state index >= 15 is 0 Å². The van der Waals surface area contributed by atoms with Gasteiger partial charge in [0.15, 0.2) is 0 Å². The van der Waals surface area contributed by atoms with Crippen LogP contribution in [-0.2, 0) is 9.53 Å². The molecule has 0 aromatic carbocycles. The van der Waals surface area contributed by atoms with E-state index in [9.17, 15) is 4.79 Å². The van der Waals surface area contributed by atoms with Gasteiger partial charge < -0.3 is 9.84 Å². The van der Waals surface area contributed by atoms with Crippen molar-refractivity contribution in [2.24, 2.45) is 0 Å². The van der Waals surface area contributed by atoms with Gasteiger partial charge in [-0.05, 0) is 18.9 Å². The summed E-state index contributed by atoms with van der Waals surface area (Å²) >= 11 is 0. The Morgan fingerprint density at radius 1 is 1.73 bits per heavy atom. The lowest BCUT2D eigenvalue weighted by molar-refractivity contribution is -0.136. The molecule has 0 amide bonds. The van der Waals surface area contributed by atoms with Gasteiger partial charge in [0.2, 0.25) is 0 Å². The first kappa shape index (κ1) is 7.85. The van der Waals surface area contributed by atoms with Crippen LogP contribution in [-0.4, -0.2) is 18.2 Å². The minimum absolute atomic E-state index is 0.0306. The molecule has 3 nitrogen and oxygen atoms in total. The highest BCUT2D eigenvalue weighted by Crippen LogP contribution is 2.17. The molecule has 1 N–H and O–H groups in total. The smallest absolute Gasteiger partial charge is 0.337 e. The van der Waals surface area contributed by atoms with Crippen LogP contribution in [0.15, 0.2) is 23.5 Å². The average Bonchev–Trinajstić information content (AvgIpc) is 2.04. The lowest BCUT2D eigenvalue weighted by atomic mass is 10.0. The zero-order chi connectivity index (χ0) is 8.27. The monoisotopic (exact) mass is 154 g/mol. The van der Waals surface area contributed by atoms with Crippen molar-refractivity contribution in [3.63, 3.8) is 0 Å². The Morgan fingerprint density at radius 2 is 2.45 bits per heavy atom. The fraction of sp³-hybridized carbons (Fsp3) is 0.375. The van der Waals surface area contributed by atoms with Crippen molar-refractivity contribution in [2.45, 2.75) is 12.8 Å². The van der Waals surface area contributed by atoms with E-state index in [0.29, 0.717) is 12.0 Å². The molecule has 1 rings (SSSR count). The molecule has 0 spiro atoms. The van der Waals surface area contributed by atoms with Crippen LogP contribution in [0.2, 0.25) is 0 Å². The van der Waals surface area contributed by atoms with E-state index in [1.807, 2.05) is 6.08 Å². The molecule has 3 heteroatoms. The molecule has 0 aromatic heterocycles. The Labute approximate surface area is 65.0 Å². The number of ether oxygens (including phenoxy) is 1. The van der Waals surface area contributed by atoms with E-state index in [-0.39, 0.29) is 5.76 Å². The number of aliphatic hydroxyl groups is 1. The van der Waals surface area contributed by atoms with Gasteiger partial charge in [0.1, 0.15) is 5.76 Å². The molecule has 0 atom stereocenters. The second-order valence-corrected chi connectivity index (χ2v) is 2.30. The molecule has 0 fully saturated rings. The summed E-state index contributed by atoms with van der Waals surface area (Å²) < 4.78 is 4.47. The Morgan fingerprint density at radius 3 is 3.00 bits per heavy atom. The van der Waals surface area contributed by atoms with Gasteiger partial charge in [-0.25, -0.2) is 4.79 Å². The van der Waals surface area contributed by atoms with Crippen LogP contribution >= 0.6 is 0 Å². The van der Waals surface area contributed by atoms with Gasteiger partial charge in [-0.15, -0.1) is 0 Å². The van der Waals surface area contributed by atoms with Crippen molar-refractivity contribution in [2.75, 3.05) is 7.11 Å². The molecule has 0 radical (unpaired) electrons. The molecule has 0 aromatic rings. The summed E-state index contributed by atoms with van der Waals surface area (Å²) in [5, 5.41) is 9.16. The quantitative estimate of drug-likeness (QED) is 0.579. The molecule has 0 heterocycles. The van der Waals surface area contributed by atoms with E-state index in [0.717, 1.165) is 6.42 Å². The van der Waals surface area contributed by atoms with Gasteiger partial charge >= 0.3 is 5.97 Å². The summed E-state index contributed by atoms with van der Waals surface area (Å²) in [6.45, 7) is 0. The Kier molecular flexibility index (Phi) is 2.31. The summed E-state index contributed by atoms with van der Waals surface area (Å²) in [6.07, 6.45) is 4.70. The predicted octanol–water partition coefficient (Wildman–Crippen LogP) is 1.32. The molecule has 0 aliphatic heterocycles. The van der Waals surface area contributed by atoms with Crippen LogP contribution in [0.1, 0.15) is 12.8 Å². The number of carbonyl (C=O) groups excluding carboxylic acids is 1. The van der Waals surface area contributed by atoms with E-state index in [1.165, 1.54) is 13.2 Å². The number of esters is 1. The number of carbonyl (C=O) groups is 1. The number of aliphatic hydroxyl groups excluding tert-OH is 1. The van der Waals surface area contributed by atoms with Gasteiger partial charge in [0, 0.05) is 0 Å². The lowest BCUT2D eigenvalue weighted by Crippen LogP contribution is -2.08. The summed E-state index contributed by atoms with van der Waals surface area (Å²) in [6, 6.07) is 0. The standard InChI is InChI=1S/C8H10O3/c1-11-8(10)6-4-2-3-5-7(6)9/h3,5,9H,2,4H2,1H3. The van der Waals surface area contributed by atoms with Crippen LogP contribution in [0.5, 0.6) is 0 Å². The average molecular weight is 154 g/mol. The van der Waals surface area contributed by atoms with Crippen molar-refractivity contribution in [1.82, 2.24) is 0 Å². The molecule has 0 bridgehead atoms. The van der Waals surface area contributed by atoms with E-state index in [1.54, 1.807) is 0 Å². The third-order valence-electron chi connectivity index (χ3n) is 1.58. The molecule has 60 valence electrons. The fourth-order valence-corrected chi connectivity index (χ4v) is 0.981. The molecule has 1 aliphatic rings. The lowest BCUT2D eigenvalue weighted by Gasteiger charge is -2.08. The first-order valence-corrected chi connectivity index (χ1v) is 3.42. The maximum absolute atomic E-state index is 10.9. The highest BCUT2D eigenvalue weighted by Gasteiger charge is 2.15. The normalized spacial score (nSPS) is 16.8. The van der Waals surface area contributed by atoms with Crippen molar-refractivity contribution in [3.8, 4) is 0 Å². The molecular weight excluding hydrogens is 144 g/mol. The van der Waals surface area contributed by atoms with Gasteiger partial charge in [0.05, 0.1) is 12.7 Å². The maximum Gasteiger partial charge on any atom is 0.337 e. The second-order valence-electron chi connectivity index (χ2n) is 2.30. The van der Waals surface area contributed by atoms with E-state index in [2.05, 4.69) is 4.74 Å². The number of methoxy groups -OCH3 is 1. The third kappa shape index (κ3) is 1.61. The minimum Gasteiger partial charge on any atom is -0.507 e. The molecular formula is C8H10O3. The zero-order valence-electron chi connectivity index (χ0n) is 6.33. The van der Waals surface area contributed by atoms with Crippen LogP contribution in [0, 0.1) is 0 Å². The van der Waals surface area contributed by atoms with Gasteiger partial charge in [-0.3, -0.25) is 0 Å². The molecule has 0 saturated carbocycles. The Balaban J connectivity index is 2.83. The summed E-state index contributed by atoms with van der Waals surface area (Å²) in [7, 11) is 1.31. The number of allylic oxidation sites excluding steroid dienone is 2. The molecule has 11 heavy (non-hydrogen) atoms. The number of rotatable bonds is 1. The predicted molar refractivity (Wildman–Crippen MR) is 40.0 cm³/mol. The van der Waals surface area contributed by atoms with Crippen molar-refractivity contribution < 1.29 is 14.6 Å². The Bertz CT molecular complexity index is 225. The van der Waals surface area contributed by atoms with Crippen LogP contribution in [0.3, 0.4) is 0 Å². The number of hydrogen-bond donors (Lipinski definition) is 1. The first-order valence-electron chi connectivity index (χ1n) is 3.42. The zero-order valence-corrected chi connectivity index (χ0v) is 6.33. The SMILES string of the molecule is COC(=O)C1=C(O)C=CCC1. The van der Waals surface area contributed by atoms with Crippen molar-refractivity contribution in [1.29, 1.82) is 0 Å². The van der Waals surface area contributed by atoms with Crippen molar-refractivity contribution >= 4 is 5.97 Å². The van der Waals surface area contributed by atoms with Gasteiger partial charge in [0.25, 0.3) is 0 Å². The highest BCUT2D eigenvalue weighted by atomic mass is 16.5. The van der Waals surface area contributed by atoms with E-state index in [4.69, 9.17) is 5.11 Å². The third-order valence-corrected chi connectivity index (χ3v) is 1.58. The molecule has 0 unspecified atom stereocenters. The first-order chi connectivity index (χ1) is 5.25. The maximum atomic E-state index is 10.9. The largest absolute Gasteiger partial charge is 0.507 e. The summed E-state index contributed by atoms with van der Waals surface area (Å²) in [4.78, 5) is 10.9. The topological polar surface area (TPSA) is 46.5 Å².